The zero-order valence-electron chi connectivity index (χ0n) is 15.9. The number of amides is 1. The summed E-state index contributed by atoms with van der Waals surface area (Å²) in [7, 11) is 0. The molecule has 156 valence electrons. The van der Waals surface area contributed by atoms with E-state index in [1.54, 1.807) is 25.3 Å². The molecule has 1 fully saturated rings. The van der Waals surface area contributed by atoms with Gasteiger partial charge in [-0.05, 0) is 48.1 Å². The molecule has 0 unspecified atom stereocenters. The zero-order valence-corrected chi connectivity index (χ0v) is 15.9. The predicted molar refractivity (Wildman–Crippen MR) is 104 cm³/mol. The number of carbonyl (C=O) groups is 1. The third-order valence-electron chi connectivity index (χ3n) is 5.14. The lowest BCUT2D eigenvalue weighted by molar-refractivity contribution is -0.150. The first-order chi connectivity index (χ1) is 14.1. The molecule has 3 atom stereocenters. The number of fused-ring (bicyclic) bond motifs is 1. The number of aryl methyl sites for hydroxylation is 1. The maximum Gasteiger partial charge on any atom is 0.409 e. The van der Waals surface area contributed by atoms with Crippen molar-refractivity contribution >= 4 is 22.5 Å². The molecular weight excluding hydrogens is 400 g/mol. The van der Waals surface area contributed by atoms with Crippen molar-refractivity contribution in [2.45, 2.75) is 31.7 Å². The average Bonchev–Trinajstić information content (AvgIpc) is 3.43. The molecule has 5 nitrogen and oxygen atoms in total. The van der Waals surface area contributed by atoms with Gasteiger partial charge in [-0.2, -0.15) is 13.2 Å². The lowest BCUT2D eigenvalue weighted by Gasteiger charge is -2.16. The molecular formula is C21H18F4N4O. The Morgan fingerprint density at radius 3 is 2.53 bits per heavy atom. The molecule has 4 rings (SSSR count). The van der Waals surface area contributed by atoms with Crippen LogP contribution in [0.25, 0.3) is 21.9 Å². The van der Waals surface area contributed by atoms with Crippen LogP contribution in [0.1, 0.15) is 23.7 Å². The monoisotopic (exact) mass is 418 g/mol. The lowest BCUT2D eigenvalue weighted by Crippen LogP contribution is -2.29. The van der Waals surface area contributed by atoms with Crippen LogP contribution in [0.3, 0.4) is 0 Å². The normalized spacial score (nSPS) is 19.5. The summed E-state index contributed by atoms with van der Waals surface area (Å²) in [4.78, 5) is 19.9. The lowest BCUT2D eigenvalue weighted by atomic mass is 9.99. The number of nitrogens with two attached hydrogens (primary N) is 1. The molecule has 0 aliphatic heterocycles. The van der Waals surface area contributed by atoms with Gasteiger partial charge in [0.25, 0.3) is 0 Å². The molecule has 0 radical (unpaired) electrons. The second-order valence-electron chi connectivity index (χ2n) is 7.42. The van der Waals surface area contributed by atoms with Gasteiger partial charge >= 0.3 is 6.18 Å². The Balaban J connectivity index is 1.59. The third-order valence-corrected chi connectivity index (χ3v) is 5.14. The van der Waals surface area contributed by atoms with Crippen LogP contribution in [0.4, 0.5) is 23.4 Å². The van der Waals surface area contributed by atoms with E-state index in [2.05, 4.69) is 15.3 Å². The summed E-state index contributed by atoms with van der Waals surface area (Å²) in [6.45, 7) is 1.70. The fourth-order valence-corrected chi connectivity index (χ4v) is 3.25. The number of nitrogens with one attached hydrogen (secondary N) is 1. The van der Waals surface area contributed by atoms with Gasteiger partial charge in [-0.1, -0.05) is 12.1 Å². The fourth-order valence-electron chi connectivity index (χ4n) is 3.25. The number of alkyl halides is 4. The number of anilines is 1. The SMILES string of the molecule is Cc1cc([C@@H](N)C(F)(F)F)ncc1-c1ccc2cc(NC(=O)[C@@H]3C[C@@H]3F)ncc2c1. The summed E-state index contributed by atoms with van der Waals surface area (Å²) in [6.07, 6.45) is -2.45. The Hall–Kier alpha value is -3.07. The molecule has 1 saturated carbocycles. The van der Waals surface area contributed by atoms with Crippen molar-refractivity contribution in [2.24, 2.45) is 11.7 Å². The summed E-state index contributed by atoms with van der Waals surface area (Å²) in [5.74, 6) is -0.652. The van der Waals surface area contributed by atoms with Gasteiger partial charge in [0, 0.05) is 23.3 Å². The largest absolute Gasteiger partial charge is 0.409 e. The quantitative estimate of drug-likeness (QED) is 0.613. The van der Waals surface area contributed by atoms with Crippen LogP contribution in [0, 0.1) is 12.8 Å². The van der Waals surface area contributed by atoms with Crippen molar-refractivity contribution in [3.05, 3.63) is 54.0 Å². The third kappa shape index (κ3) is 3.97. The van der Waals surface area contributed by atoms with E-state index in [1.165, 1.54) is 12.3 Å². The Bertz CT molecular complexity index is 1130. The molecule has 0 spiro atoms. The molecule has 1 amide bonds. The summed E-state index contributed by atoms with van der Waals surface area (Å²) in [6, 6.07) is 6.34. The Morgan fingerprint density at radius 2 is 1.90 bits per heavy atom. The van der Waals surface area contributed by atoms with Crippen LogP contribution in [0.5, 0.6) is 0 Å². The molecule has 2 aromatic heterocycles. The number of hydrogen-bond donors (Lipinski definition) is 2. The van der Waals surface area contributed by atoms with E-state index in [1.807, 2.05) is 12.1 Å². The number of hydrogen-bond acceptors (Lipinski definition) is 4. The molecule has 0 saturated heterocycles. The van der Waals surface area contributed by atoms with E-state index >= 15 is 0 Å². The second kappa shape index (κ2) is 7.32. The van der Waals surface area contributed by atoms with Crippen LogP contribution in [-0.2, 0) is 4.79 Å². The van der Waals surface area contributed by atoms with E-state index in [0.29, 0.717) is 16.9 Å². The standard InChI is InChI=1S/C21H18F4N4O/c1-10-4-17(19(26)21(23,24)25)27-9-15(10)12-3-2-11-6-18(28-8-13(11)5-12)29-20(30)14-7-16(14)22/h2-6,8-9,14,16,19H,7,26H2,1H3,(H,28,29,30)/t14-,16+,19-/m1/s1. The van der Waals surface area contributed by atoms with Crippen LogP contribution >= 0.6 is 0 Å². The Labute approximate surface area is 169 Å². The maximum absolute atomic E-state index is 13.0. The highest BCUT2D eigenvalue weighted by atomic mass is 19.4. The highest BCUT2D eigenvalue weighted by Gasteiger charge is 2.43. The van der Waals surface area contributed by atoms with Crippen molar-refractivity contribution in [3.8, 4) is 11.1 Å². The van der Waals surface area contributed by atoms with Crippen molar-refractivity contribution in [3.63, 3.8) is 0 Å². The minimum atomic E-state index is -4.56. The van der Waals surface area contributed by atoms with E-state index in [-0.39, 0.29) is 18.0 Å². The molecule has 1 aliphatic carbocycles. The van der Waals surface area contributed by atoms with Crippen LogP contribution in [0.2, 0.25) is 0 Å². The van der Waals surface area contributed by atoms with Crippen molar-refractivity contribution < 1.29 is 22.4 Å². The second-order valence-corrected chi connectivity index (χ2v) is 7.42. The van der Waals surface area contributed by atoms with Crippen LogP contribution < -0.4 is 11.1 Å². The Kier molecular flexibility index (Phi) is 4.93. The van der Waals surface area contributed by atoms with E-state index < -0.39 is 24.3 Å². The molecule has 9 heteroatoms. The molecule has 1 aliphatic rings. The van der Waals surface area contributed by atoms with Crippen molar-refractivity contribution in [2.75, 3.05) is 5.32 Å². The summed E-state index contributed by atoms with van der Waals surface area (Å²) in [5, 5.41) is 4.18. The number of nitrogens with zero attached hydrogens (tertiary/aromatic N) is 2. The fraction of sp³-hybridized carbons (Fsp3) is 0.286. The van der Waals surface area contributed by atoms with Crippen LogP contribution in [-0.4, -0.2) is 28.2 Å². The minimum Gasteiger partial charge on any atom is -0.315 e. The first-order valence-corrected chi connectivity index (χ1v) is 9.27. The van der Waals surface area contributed by atoms with Gasteiger partial charge in [-0.25, -0.2) is 9.37 Å². The van der Waals surface area contributed by atoms with Gasteiger partial charge in [-0.15, -0.1) is 0 Å². The van der Waals surface area contributed by atoms with Gasteiger partial charge in [0.1, 0.15) is 18.0 Å². The molecule has 0 bridgehead atoms. The van der Waals surface area contributed by atoms with E-state index in [4.69, 9.17) is 5.73 Å². The number of aromatic nitrogens is 2. The maximum atomic E-state index is 13.0. The van der Waals surface area contributed by atoms with Gasteiger partial charge < -0.3 is 11.1 Å². The number of rotatable bonds is 4. The molecule has 3 N–H and O–H groups in total. The van der Waals surface area contributed by atoms with E-state index in [0.717, 1.165) is 16.3 Å². The summed E-state index contributed by atoms with van der Waals surface area (Å²) in [5.41, 5.74) is 7.05. The average molecular weight is 418 g/mol. The summed E-state index contributed by atoms with van der Waals surface area (Å²) < 4.78 is 51.5. The number of halogens is 4. The molecule has 3 aromatic rings. The predicted octanol–water partition coefficient (Wildman–Crippen LogP) is 4.46. The minimum absolute atomic E-state index is 0.238. The smallest absolute Gasteiger partial charge is 0.315 e. The highest BCUT2D eigenvalue weighted by Crippen LogP contribution is 2.35. The number of carbonyl (C=O) groups excluding carboxylic acids is 1. The first-order valence-electron chi connectivity index (χ1n) is 9.27. The topological polar surface area (TPSA) is 80.9 Å². The summed E-state index contributed by atoms with van der Waals surface area (Å²) >= 11 is 0. The van der Waals surface area contributed by atoms with Crippen molar-refractivity contribution in [1.82, 2.24) is 9.97 Å². The first kappa shape index (κ1) is 20.2. The van der Waals surface area contributed by atoms with Crippen LogP contribution in [0.15, 0.2) is 42.7 Å². The van der Waals surface area contributed by atoms with E-state index in [9.17, 15) is 22.4 Å². The zero-order chi connectivity index (χ0) is 21.6. The molecule has 1 aromatic carbocycles. The number of pyridine rings is 2. The Morgan fingerprint density at radius 1 is 1.17 bits per heavy atom. The van der Waals surface area contributed by atoms with Gasteiger partial charge in [0.05, 0.1) is 11.6 Å². The van der Waals surface area contributed by atoms with Gasteiger partial charge in [0.15, 0.2) is 0 Å². The number of benzene rings is 1. The van der Waals surface area contributed by atoms with Gasteiger partial charge in [0.2, 0.25) is 5.91 Å². The van der Waals surface area contributed by atoms with Crippen molar-refractivity contribution in [1.29, 1.82) is 0 Å². The molecule has 2 heterocycles. The van der Waals surface area contributed by atoms with Gasteiger partial charge in [-0.3, -0.25) is 9.78 Å². The highest BCUT2D eigenvalue weighted by molar-refractivity contribution is 5.96. The molecule has 30 heavy (non-hydrogen) atoms.